The highest BCUT2D eigenvalue weighted by atomic mass is 79.9. The van der Waals surface area contributed by atoms with Gasteiger partial charge in [0, 0.05) is 42.8 Å². The molecule has 2 N–H and O–H groups in total. The van der Waals surface area contributed by atoms with E-state index in [4.69, 9.17) is 0 Å². The molecule has 0 saturated carbocycles. The number of phenolic OH excluding ortho intramolecular Hbond substituents is 1. The fourth-order valence-corrected chi connectivity index (χ4v) is 3.02. The summed E-state index contributed by atoms with van der Waals surface area (Å²) in [5, 5.41) is 13.9. The number of nitrogens with one attached hydrogen (secondary N) is 1. The van der Waals surface area contributed by atoms with Crippen LogP contribution >= 0.6 is 15.9 Å². The Balaban J connectivity index is 2.32. The van der Waals surface area contributed by atoms with E-state index in [1.54, 1.807) is 0 Å². The first-order valence-electron chi connectivity index (χ1n) is 6.94. The van der Waals surface area contributed by atoms with Crippen molar-refractivity contribution in [2.24, 2.45) is 0 Å². The molecule has 1 saturated heterocycles. The molecular weight excluding hydrogens is 304 g/mol. The second-order valence-electron chi connectivity index (χ2n) is 5.58. The lowest BCUT2D eigenvalue weighted by atomic mass is 9.95. The van der Waals surface area contributed by atoms with Gasteiger partial charge < -0.3 is 10.4 Å². The van der Waals surface area contributed by atoms with E-state index < -0.39 is 0 Å². The summed E-state index contributed by atoms with van der Waals surface area (Å²) in [6.07, 6.45) is 0. The van der Waals surface area contributed by atoms with Crippen molar-refractivity contribution in [1.82, 2.24) is 10.2 Å². The second kappa shape index (κ2) is 6.25. The van der Waals surface area contributed by atoms with E-state index in [-0.39, 0.29) is 0 Å². The first-order valence-corrected chi connectivity index (χ1v) is 7.74. The third-order valence-corrected chi connectivity index (χ3v) is 4.69. The number of hydrogen-bond acceptors (Lipinski definition) is 3. The number of halogens is 1. The smallest absolute Gasteiger partial charge is 0.123 e. The van der Waals surface area contributed by atoms with Crippen LogP contribution in [-0.4, -0.2) is 36.2 Å². The monoisotopic (exact) mass is 326 g/mol. The van der Waals surface area contributed by atoms with E-state index in [1.165, 1.54) is 0 Å². The van der Waals surface area contributed by atoms with Crippen molar-refractivity contribution in [2.75, 3.05) is 26.2 Å². The van der Waals surface area contributed by atoms with Crippen LogP contribution in [0.15, 0.2) is 10.5 Å². The van der Waals surface area contributed by atoms with Gasteiger partial charge in [-0.25, -0.2) is 0 Å². The van der Waals surface area contributed by atoms with Gasteiger partial charge in [-0.15, -0.1) is 0 Å². The lowest BCUT2D eigenvalue weighted by Gasteiger charge is -2.29. The summed E-state index contributed by atoms with van der Waals surface area (Å²) in [5.41, 5.74) is 3.25. The zero-order valence-corrected chi connectivity index (χ0v) is 13.5. The number of aromatic hydroxyl groups is 1. The molecule has 1 fully saturated rings. The predicted molar refractivity (Wildman–Crippen MR) is 82.8 cm³/mol. The molecule has 0 radical (unpaired) electrons. The van der Waals surface area contributed by atoms with Crippen molar-refractivity contribution in [3.05, 3.63) is 27.2 Å². The van der Waals surface area contributed by atoms with Gasteiger partial charge in [0.1, 0.15) is 5.75 Å². The SMILES string of the molecule is Cc1c(Br)cc(C(C)C)c(O)c1CN1CCNCC1. The number of piperazine rings is 1. The summed E-state index contributed by atoms with van der Waals surface area (Å²) in [5.74, 6) is 0.813. The first-order chi connectivity index (χ1) is 9.00. The summed E-state index contributed by atoms with van der Waals surface area (Å²) >= 11 is 3.62. The van der Waals surface area contributed by atoms with Crippen LogP contribution in [0.1, 0.15) is 36.5 Å². The van der Waals surface area contributed by atoms with E-state index in [0.717, 1.165) is 53.9 Å². The molecular formula is C15H23BrN2O. The number of phenols is 1. The third kappa shape index (κ3) is 3.30. The highest BCUT2D eigenvalue weighted by molar-refractivity contribution is 9.10. The quantitative estimate of drug-likeness (QED) is 0.896. The predicted octanol–water partition coefficient (Wildman–Crippen LogP) is 2.99. The molecule has 4 heteroatoms. The summed E-state index contributed by atoms with van der Waals surface area (Å²) < 4.78 is 1.10. The summed E-state index contributed by atoms with van der Waals surface area (Å²) in [4.78, 5) is 2.40. The zero-order valence-electron chi connectivity index (χ0n) is 12.0. The lowest BCUT2D eigenvalue weighted by molar-refractivity contribution is 0.230. The Morgan fingerprint density at radius 3 is 2.58 bits per heavy atom. The molecule has 0 amide bonds. The van der Waals surface area contributed by atoms with Gasteiger partial charge in [-0.2, -0.15) is 0 Å². The van der Waals surface area contributed by atoms with Gasteiger partial charge in [-0.3, -0.25) is 4.90 Å². The summed E-state index contributed by atoms with van der Waals surface area (Å²) in [6, 6.07) is 2.05. The lowest BCUT2D eigenvalue weighted by Crippen LogP contribution is -2.43. The Labute approximate surface area is 124 Å². The van der Waals surface area contributed by atoms with Gasteiger partial charge in [0.15, 0.2) is 0 Å². The maximum Gasteiger partial charge on any atom is 0.123 e. The maximum atomic E-state index is 10.5. The Morgan fingerprint density at radius 1 is 1.37 bits per heavy atom. The average molecular weight is 327 g/mol. The second-order valence-corrected chi connectivity index (χ2v) is 6.43. The van der Waals surface area contributed by atoms with E-state index in [0.29, 0.717) is 11.7 Å². The first kappa shape index (κ1) is 14.8. The van der Waals surface area contributed by atoms with Crippen LogP contribution in [0.25, 0.3) is 0 Å². The van der Waals surface area contributed by atoms with Gasteiger partial charge in [-0.1, -0.05) is 29.8 Å². The van der Waals surface area contributed by atoms with Gasteiger partial charge >= 0.3 is 0 Å². The van der Waals surface area contributed by atoms with Crippen LogP contribution < -0.4 is 5.32 Å². The molecule has 19 heavy (non-hydrogen) atoms. The Kier molecular flexibility index (Phi) is 4.87. The molecule has 1 aliphatic rings. The molecule has 0 atom stereocenters. The minimum absolute atomic E-state index is 0.332. The van der Waals surface area contributed by atoms with Crippen LogP contribution in [0.4, 0.5) is 0 Å². The summed E-state index contributed by atoms with van der Waals surface area (Å²) in [6.45, 7) is 11.3. The molecule has 3 nitrogen and oxygen atoms in total. The number of rotatable bonds is 3. The van der Waals surface area contributed by atoms with Gasteiger partial charge in [0.25, 0.3) is 0 Å². The van der Waals surface area contributed by atoms with Crippen LogP contribution in [0.5, 0.6) is 5.75 Å². The Hall–Kier alpha value is -0.580. The molecule has 0 bridgehead atoms. The van der Waals surface area contributed by atoms with Crippen LogP contribution in [0.2, 0.25) is 0 Å². The van der Waals surface area contributed by atoms with Crippen molar-refractivity contribution in [2.45, 2.75) is 33.2 Å². The minimum Gasteiger partial charge on any atom is -0.507 e. The number of benzene rings is 1. The molecule has 0 spiro atoms. The van der Waals surface area contributed by atoms with Crippen LogP contribution in [0.3, 0.4) is 0 Å². The standard InChI is InChI=1S/C15H23BrN2O/c1-10(2)12-8-14(16)11(3)13(15(12)19)9-18-6-4-17-5-7-18/h8,10,17,19H,4-7,9H2,1-3H3. The van der Waals surface area contributed by atoms with E-state index in [2.05, 4.69) is 53.0 Å². The van der Waals surface area contributed by atoms with Crippen LogP contribution in [0, 0.1) is 6.92 Å². The van der Waals surface area contributed by atoms with Crippen LogP contribution in [-0.2, 0) is 6.54 Å². The molecule has 106 valence electrons. The molecule has 1 aliphatic heterocycles. The van der Waals surface area contributed by atoms with Gasteiger partial charge in [0.2, 0.25) is 0 Å². The molecule has 0 aromatic heterocycles. The zero-order chi connectivity index (χ0) is 14.0. The molecule has 0 unspecified atom stereocenters. The Bertz CT molecular complexity index is 454. The minimum atomic E-state index is 0.332. The van der Waals surface area contributed by atoms with Crippen molar-refractivity contribution >= 4 is 15.9 Å². The number of hydrogen-bond donors (Lipinski definition) is 2. The highest BCUT2D eigenvalue weighted by Gasteiger charge is 2.19. The Morgan fingerprint density at radius 2 is 2.00 bits per heavy atom. The third-order valence-electron chi connectivity index (χ3n) is 3.87. The fourth-order valence-electron chi connectivity index (χ4n) is 2.54. The normalized spacial score (nSPS) is 17.1. The van der Waals surface area contributed by atoms with Crippen molar-refractivity contribution in [3.8, 4) is 5.75 Å². The topological polar surface area (TPSA) is 35.5 Å². The molecule has 1 heterocycles. The van der Waals surface area contributed by atoms with Crippen molar-refractivity contribution < 1.29 is 5.11 Å². The molecule has 1 aromatic rings. The number of nitrogens with zero attached hydrogens (tertiary/aromatic N) is 1. The summed E-state index contributed by atoms with van der Waals surface area (Å²) in [7, 11) is 0. The van der Waals surface area contributed by atoms with Gasteiger partial charge in [0.05, 0.1) is 0 Å². The van der Waals surface area contributed by atoms with Crippen molar-refractivity contribution in [3.63, 3.8) is 0 Å². The van der Waals surface area contributed by atoms with Crippen molar-refractivity contribution in [1.29, 1.82) is 0 Å². The average Bonchev–Trinajstić information content (AvgIpc) is 2.40. The molecule has 0 aliphatic carbocycles. The fraction of sp³-hybridized carbons (Fsp3) is 0.600. The largest absolute Gasteiger partial charge is 0.507 e. The maximum absolute atomic E-state index is 10.5. The van der Waals surface area contributed by atoms with E-state index in [1.807, 2.05) is 0 Å². The highest BCUT2D eigenvalue weighted by Crippen LogP contribution is 2.36. The molecule has 2 rings (SSSR count). The van der Waals surface area contributed by atoms with E-state index >= 15 is 0 Å². The van der Waals surface area contributed by atoms with E-state index in [9.17, 15) is 5.11 Å². The molecule has 1 aromatic carbocycles. The van der Waals surface area contributed by atoms with Gasteiger partial charge in [-0.05, 0) is 30.0 Å².